The molecule has 174 valence electrons. The maximum Gasteiger partial charge on any atom is 0.127 e. The van der Waals surface area contributed by atoms with Gasteiger partial charge in [-0.15, -0.1) is 0 Å². The zero-order chi connectivity index (χ0) is 22.3. The van der Waals surface area contributed by atoms with Crippen LogP contribution in [0.5, 0.6) is 11.5 Å². The first-order valence-corrected chi connectivity index (χ1v) is 11.8. The molecule has 6 heteroatoms. The third-order valence-electron chi connectivity index (χ3n) is 6.74. The first-order valence-electron chi connectivity index (χ1n) is 11.8. The van der Waals surface area contributed by atoms with E-state index in [-0.39, 0.29) is 11.9 Å². The fourth-order valence-electron chi connectivity index (χ4n) is 4.90. The van der Waals surface area contributed by atoms with Gasteiger partial charge in [0.25, 0.3) is 0 Å². The average Bonchev–Trinajstić information content (AvgIpc) is 3.31. The maximum atomic E-state index is 14.0. The van der Waals surface area contributed by atoms with Gasteiger partial charge < -0.3 is 14.6 Å². The van der Waals surface area contributed by atoms with E-state index in [2.05, 4.69) is 9.80 Å². The Morgan fingerprint density at radius 1 is 1.09 bits per heavy atom. The lowest BCUT2D eigenvalue weighted by atomic mass is 9.95. The molecule has 0 amide bonds. The van der Waals surface area contributed by atoms with Gasteiger partial charge in [-0.3, -0.25) is 9.80 Å². The molecule has 2 aliphatic heterocycles. The molecule has 2 aliphatic rings. The predicted octanol–water partition coefficient (Wildman–Crippen LogP) is 4.43. The Balaban J connectivity index is 1.35. The van der Waals surface area contributed by atoms with Gasteiger partial charge in [-0.25, -0.2) is 4.39 Å². The summed E-state index contributed by atoms with van der Waals surface area (Å²) in [4.78, 5) is 4.79. The van der Waals surface area contributed by atoms with Gasteiger partial charge in [0.1, 0.15) is 17.3 Å². The lowest BCUT2D eigenvalue weighted by Crippen LogP contribution is -2.40. The van der Waals surface area contributed by atoms with Crippen LogP contribution < -0.4 is 4.74 Å². The van der Waals surface area contributed by atoms with Crippen molar-refractivity contribution in [3.63, 3.8) is 0 Å². The first kappa shape index (κ1) is 23.0. The highest BCUT2D eigenvalue weighted by Gasteiger charge is 2.25. The van der Waals surface area contributed by atoms with Gasteiger partial charge in [0, 0.05) is 43.9 Å². The van der Waals surface area contributed by atoms with Gasteiger partial charge >= 0.3 is 0 Å². The lowest BCUT2D eigenvalue weighted by molar-refractivity contribution is 0.0566. The number of methoxy groups -OCH3 is 1. The Kier molecular flexibility index (Phi) is 8.00. The molecule has 32 heavy (non-hydrogen) atoms. The fourth-order valence-corrected chi connectivity index (χ4v) is 4.90. The fraction of sp³-hybridized carbons (Fsp3) is 0.538. The molecule has 2 fully saturated rings. The molecule has 0 bridgehead atoms. The number of hydrogen-bond acceptors (Lipinski definition) is 5. The van der Waals surface area contributed by atoms with E-state index in [1.807, 2.05) is 18.2 Å². The molecule has 2 heterocycles. The number of ether oxygens (including phenoxy) is 2. The zero-order valence-electron chi connectivity index (χ0n) is 19.0. The number of hydrogen-bond donors (Lipinski definition) is 1. The molecule has 2 saturated heterocycles. The lowest BCUT2D eigenvalue weighted by Gasteiger charge is -2.35. The Morgan fingerprint density at radius 2 is 1.91 bits per heavy atom. The summed E-state index contributed by atoms with van der Waals surface area (Å²) in [6, 6.07) is 12.5. The van der Waals surface area contributed by atoms with E-state index >= 15 is 0 Å². The molecular weight excluding hydrogens is 407 g/mol. The standard InChI is InChI=1S/C26H35FN2O3/c1-31-23-8-9-26(30)22(15-23)18-29(19-24-6-4-14-32-24)16-20-10-12-28(13-11-20)17-21-5-2-3-7-25(21)27/h2-3,5,7-9,15,20,24,30H,4,6,10-14,16-19H2,1H3. The highest BCUT2D eigenvalue weighted by molar-refractivity contribution is 5.39. The molecule has 0 aromatic heterocycles. The minimum Gasteiger partial charge on any atom is -0.508 e. The molecular formula is C26H35FN2O3. The van der Waals surface area contributed by atoms with Crippen molar-refractivity contribution in [3.05, 3.63) is 59.4 Å². The minimum absolute atomic E-state index is 0.115. The van der Waals surface area contributed by atoms with E-state index in [4.69, 9.17) is 9.47 Å². The van der Waals surface area contributed by atoms with Crippen LogP contribution in [0.3, 0.4) is 0 Å². The smallest absolute Gasteiger partial charge is 0.127 e. The summed E-state index contributed by atoms with van der Waals surface area (Å²) in [6.45, 7) is 6.02. The molecule has 0 radical (unpaired) electrons. The van der Waals surface area contributed by atoms with Crippen LogP contribution in [-0.2, 0) is 17.8 Å². The number of benzene rings is 2. The normalized spacial score (nSPS) is 20.2. The number of rotatable bonds is 9. The third-order valence-corrected chi connectivity index (χ3v) is 6.74. The molecule has 2 aromatic rings. The van der Waals surface area contributed by atoms with Crippen LogP contribution in [0.15, 0.2) is 42.5 Å². The molecule has 1 unspecified atom stereocenters. The first-order chi connectivity index (χ1) is 15.6. The van der Waals surface area contributed by atoms with Crippen molar-refractivity contribution in [2.24, 2.45) is 5.92 Å². The molecule has 0 spiro atoms. The van der Waals surface area contributed by atoms with Crippen molar-refractivity contribution in [3.8, 4) is 11.5 Å². The molecule has 5 nitrogen and oxygen atoms in total. The Morgan fingerprint density at radius 3 is 2.62 bits per heavy atom. The number of likely N-dealkylation sites (tertiary alicyclic amines) is 1. The summed E-state index contributed by atoms with van der Waals surface area (Å²) in [5.41, 5.74) is 1.67. The molecule has 1 atom stereocenters. The van der Waals surface area contributed by atoms with Crippen molar-refractivity contribution in [2.45, 2.75) is 44.9 Å². The summed E-state index contributed by atoms with van der Waals surface area (Å²) >= 11 is 0. The molecule has 0 saturated carbocycles. The molecule has 0 aliphatic carbocycles. The van der Waals surface area contributed by atoms with E-state index in [1.54, 1.807) is 31.4 Å². The van der Waals surface area contributed by atoms with E-state index in [1.165, 1.54) is 0 Å². The minimum atomic E-state index is -0.115. The van der Waals surface area contributed by atoms with Gasteiger partial charge in [0.05, 0.1) is 13.2 Å². The second kappa shape index (κ2) is 11.1. The zero-order valence-corrected chi connectivity index (χ0v) is 19.0. The largest absolute Gasteiger partial charge is 0.508 e. The van der Waals surface area contributed by atoms with Gasteiger partial charge in [0.15, 0.2) is 0 Å². The van der Waals surface area contributed by atoms with Crippen LogP contribution in [-0.4, -0.2) is 60.9 Å². The van der Waals surface area contributed by atoms with E-state index in [9.17, 15) is 9.50 Å². The average molecular weight is 443 g/mol. The van der Waals surface area contributed by atoms with Gasteiger partial charge in [-0.05, 0) is 69.0 Å². The number of halogens is 1. The quantitative estimate of drug-likeness (QED) is 0.622. The Labute approximate surface area is 190 Å². The monoisotopic (exact) mass is 442 g/mol. The highest BCUT2D eigenvalue weighted by atomic mass is 19.1. The maximum absolute atomic E-state index is 14.0. The van der Waals surface area contributed by atoms with Crippen LogP contribution in [0.1, 0.15) is 36.8 Å². The van der Waals surface area contributed by atoms with Crippen molar-refractivity contribution in [1.82, 2.24) is 9.80 Å². The number of phenolic OH excluding ortho intramolecular Hbond substituents is 1. The Bertz CT molecular complexity index is 864. The van der Waals surface area contributed by atoms with E-state index in [0.29, 0.717) is 24.8 Å². The number of aromatic hydroxyl groups is 1. The molecule has 2 aromatic carbocycles. The van der Waals surface area contributed by atoms with Crippen LogP contribution in [0, 0.1) is 11.7 Å². The van der Waals surface area contributed by atoms with Gasteiger partial charge in [-0.2, -0.15) is 0 Å². The van der Waals surface area contributed by atoms with Crippen LogP contribution in [0.25, 0.3) is 0 Å². The van der Waals surface area contributed by atoms with Gasteiger partial charge in [0.2, 0.25) is 0 Å². The van der Waals surface area contributed by atoms with E-state index < -0.39 is 0 Å². The summed E-state index contributed by atoms with van der Waals surface area (Å²) < 4.78 is 25.3. The number of nitrogens with zero attached hydrogens (tertiary/aromatic N) is 2. The topological polar surface area (TPSA) is 45.2 Å². The number of piperidine rings is 1. The van der Waals surface area contributed by atoms with Crippen molar-refractivity contribution in [1.29, 1.82) is 0 Å². The Hall–Kier alpha value is -2.15. The van der Waals surface area contributed by atoms with Crippen LogP contribution in [0.2, 0.25) is 0 Å². The predicted molar refractivity (Wildman–Crippen MR) is 123 cm³/mol. The highest BCUT2D eigenvalue weighted by Crippen LogP contribution is 2.27. The third kappa shape index (κ3) is 6.21. The van der Waals surface area contributed by atoms with Crippen molar-refractivity contribution < 1.29 is 19.0 Å². The second-order valence-electron chi connectivity index (χ2n) is 9.13. The summed E-state index contributed by atoms with van der Waals surface area (Å²) in [6.07, 6.45) is 4.68. The van der Waals surface area contributed by atoms with E-state index in [0.717, 1.165) is 75.3 Å². The van der Waals surface area contributed by atoms with Crippen LogP contribution in [0.4, 0.5) is 4.39 Å². The second-order valence-corrected chi connectivity index (χ2v) is 9.13. The SMILES string of the molecule is COc1ccc(O)c(CN(CC2CCN(Cc3ccccc3F)CC2)CC2CCCO2)c1. The van der Waals surface area contributed by atoms with Crippen molar-refractivity contribution >= 4 is 0 Å². The molecule has 1 N–H and O–H groups in total. The molecule has 4 rings (SSSR count). The summed E-state index contributed by atoms with van der Waals surface area (Å²) in [7, 11) is 1.65. The summed E-state index contributed by atoms with van der Waals surface area (Å²) in [5.74, 6) is 1.54. The number of phenols is 1. The summed E-state index contributed by atoms with van der Waals surface area (Å²) in [5, 5.41) is 10.4. The van der Waals surface area contributed by atoms with Crippen molar-refractivity contribution in [2.75, 3.05) is 39.9 Å². The van der Waals surface area contributed by atoms with Crippen LogP contribution >= 0.6 is 0 Å². The van der Waals surface area contributed by atoms with Gasteiger partial charge in [-0.1, -0.05) is 18.2 Å².